The number of benzene rings is 1. The molecule has 1 unspecified atom stereocenters. The first-order chi connectivity index (χ1) is 8.49. The molecule has 0 aliphatic heterocycles. The summed E-state index contributed by atoms with van der Waals surface area (Å²) in [6.07, 6.45) is 4.46. The van der Waals surface area contributed by atoms with Crippen LogP contribution in [0.5, 0.6) is 0 Å². The van der Waals surface area contributed by atoms with E-state index in [9.17, 15) is 4.79 Å². The first kappa shape index (κ1) is 13.2. The minimum absolute atomic E-state index is 0.302. The van der Waals surface area contributed by atoms with E-state index >= 15 is 0 Å². The molecule has 0 heterocycles. The van der Waals surface area contributed by atoms with Crippen molar-refractivity contribution in [1.82, 2.24) is 0 Å². The number of anilines is 1. The van der Waals surface area contributed by atoms with Crippen LogP contribution in [0.2, 0.25) is 5.02 Å². The third-order valence-corrected chi connectivity index (χ3v) is 3.98. The van der Waals surface area contributed by atoms with Gasteiger partial charge in [-0.15, -0.1) is 0 Å². The molecule has 1 aliphatic carbocycles. The fourth-order valence-electron chi connectivity index (χ4n) is 2.34. The monoisotopic (exact) mass is 266 g/mol. The van der Waals surface area contributed by atoms with Crippen LogP contribution in [-0.4, -0.2) is 11.4 Å². The minimum Gasteiger partial charge on any atom is -0.371 e. The summed E-state index contributed by atoms with van der Waals surface area (Å²) in [6.45, 7) is 1.88. The first-order valence-electron chi connectivity index (χ1n) is 6.33. The Bertz CT molecular complexity index is 428. The molecule has 1 fully saturated rings. The van der Waals surface area contributed by atoms with Gasteiger partial charge in [0.25, 0.3) is 0 Å². The number of carbonyl (C=O) groups is 1. The number of carbonyl (C=O) groups excluding carboxylic acids is 1. The molecule has 3 nitrogen and oxygen atoms in total. The van der Waals surface area contributed by atoms with Gasteiger partial charge in [-0.25, -0.2) is 0 Å². The van der Waals surface area contributed by atoms with E-state index in [1.807, 2.05) is 19.1 Å². The molecule has 0 spiro atoms. The van der Waals surface area contributed by atoms with Crippen LogP contribution < -0.4 is 11.1 Å². The number of rotatable bonds is 5. The van der Waals surface area contributed by atoms with E-state index in [0.717, 1.165) is 12.1 Å². The highest BCUT2D eigenvalue weighted by atomic mass is 35.5. The number of nitrogens with one attached hydrogen (secondary N) is 1. The third kappa shape index (κ3) is 2.96. The van der Waals surface area contributed by atoms with Crippen molar-refractivity contribution < 1.29 is 4.79 Å². The summed E-state index contributed by atoms with van der Waals surface area (Å²) in [4.78, 5) is 11.7. The van der Waals surface area contributed by atoms with E-state index in [1.165, 1.54) is 19.3 Å². The Balaban J connectivity index is 2.09. The number of amides is 1. The SMILES string of the molecule is CC(CC1CCC1)(Nc1ccc(Cl)cc1)C(N)=O. The van der Waals surface area contributed by atoms with Crippen LogP contribution >= 0.6 is 11.6 Å². The van der Waals surface area contributed by atoms with Gasteiger partial charge in [0.1, 0.15) is 5.54 Å². The maximum atomic E-state index is 11.7. The van der Waals surface area contributed by atoms with Crippen LogP contribution in [0.3, 0.4) is 0 Å². The molecular weight excluding hydrogens is 248 g/mol. The lowest BCUT2D eigenvalue weighted by Gasteiger charge is -2.36. The van der Waals surface area contributed by atoms with Crippen molar-refractivity contribution in [3.05, 3.63) is 29.3 Å². The molecule has 3 N–H and O–H groups in total. The van der Waals surface area contributed by atoms with Crippen LogP contribution in [0.15, 0.2) is 24.3 Å². The fraction of sp³-hybridized carbons (Fsp3) is 0.500. The van der Waals surface area contributed by atoms with Crippen molar-refractivity contribution in [2.75, 3.05) is 5.32 Å². The quantitative estimate of drug-likeness (QED) is 0.860. The molecule has 4 heteroatoms. The Morgan fingerprint density at radius 3 is 2.50 bits per heavy atom. The summed E-state index contributed by atoms with van der Waals surface area (Å²) >= 11 is 5.84. The zero-order chi connectivity index (χ0) is 13.2. The molecule has 2 rings (SSSR count). The molecule has 1 atom stereocenters. The Morgan fingerprint density at radius 2 is 2.06 bits per heavy atom. The van der Waals surface area contributed by atoms with Crippen LogP contribution in [-0.2, 0) is 4.79 Å². The van der Waals surface area contributed by atoms with E-state index in [-0.39, 0.29) is 5.91 Å². The molecule has 1 aromatic carbocycles. The van der Waals surface area contributed by atoms with Crippen molar-refractivity contribution in [2.24, 2.45) is 11.7 Å². The topological polar surface area (TPSA) is 55.1 Å². The summed E-state index contributed by atoms with van der Waals surface area (Å²) in [6, 6.07) is 7.33. The van der Waals surface area contributed by atoms with Crippen LogP contribution in [0.25, 0.3) is 0 Å². The zero-order valence-electron chi connectivity index (χ0n) is 10.6. The van der Waals surface area contributed by atoms with Crippen molar-refractivity contribution >= 4 is 23.2 Å². The van der Waals surface area contributed by atoms with Gasteiger partial charge in [0.05, 0.1) is 0 Å². The normalized spacial score (nSPS) is 18.8. The second-order valence-electron chi connectivity index (χ2n) is 5.33. The highest BCUT2D eigenvalue weighted by molar-refractivity contribution is 6.30. The molecule has 1 aromatic rings. The smallest absolute Gasteiger partial charge is 0.242 e. The Hall–Kier alpha value is -1.22. The molecule has 1 amide bonds. The second kappa shape index (κ2) is 5.19. The van der Waals surface area contributed by atoms with Crippen molar-refractivity contribution in [1.29, 1.82) is 0 Å². The third-order valence-electron chi connectivity index (χ3n) is 3.73. The van der Waals surface area contributed by atoms with E-state index in [0.29, 0.717) is 10.9 Å². The number of halogens is 1. The van der Waals surface area contributed by atoms with Gasteiger partial charge in [-0.1, -0.05) is 30.9 Å². The first-order valence-corrected chi connectivity index (χ1v) is 6.71. The van der Waals surface area contributed by atoms with Gasteiger partial charge in [0, 0.05) is 10.7 Å². The fourth-order valence-corrected chi connectivity index (χ4v) is 2.47. The largest absolute Gasteiger partial charge is 0.371 e. The van der Waals surface area contributed by atoms with Gasteiger partial charge < -0.3 is 11.1 Å². The maximum Gasteiger partial charge on any atom is 0.242 e. The predicted octanol–water partition coefficient (Wildman–Crippen LogP) is 3.19. The average Bonchev–Trinajstić information content (AvgIpc) is 2.27. The molecule has 18 heavy (non-hydrogen) atoms. The average molecular weight is 267 g/mol. The molecular formula is C14H19ClN2O. The second-order valence-corrected chi connectivity index (χ2v) is 5.77. The molecule has 1 aliphatic rings. The van der Waals surface area contributed by atoms with E-state index in [4.69, 9.17) is 17.3 Å². The number of hydrogen-bond acceptors (Lipinski definition) is 2. The maximum absolute atomic E-state index is 11.7. The lowest BCUT2D eigenvalue weighted by molar-refractivity contribution is -0.122. The zero-order valence-corrected chi connectivity index (χ0v) is 11.3. The molecule has 98 valence electrons. The predicted molar refractivity (Wildman–Crippen MR) is 74.6 cm³/mol. The van der Waals surface area contributed by atoms with Gasteiger partial charge in [0.2, 0.25) is 5.91 Å². The Labute approximate surface area is 113 Å². The molecule has 0 aromatic heterocycles. The van der Waals surface area contributed by atoms with Gasteiger partial charge in [-0.2, -0.15) is 0 Å². The summed E-state index contributed by atoms with van der Waals surface area (Å²) < 4.78 is 0. The molecule has 0 radical (unpaired) electrons. The van der Waals surface area contributed by atoms with E-state index in [1.54, 1.807) is 12.1 Å². The highest BCUT2D eigenvalue weighted by Gasteiger charge is 2.35. The number of nitrogens with two attached hydrogens (primary N) is 1. The Kier molecular flexibility index (Phi) is 3.81. The van der Waals surface area contributed by atoms with Crippen LogP contribution in [0.4, 0.5) is 5.69 Å². The molecule has 0 bridgehead atoms. The van der Waals surface area contributed by atoms with E-state index < -0.39 is 5.54 Å². The summed E-state index contributed by atoms with van der Waals surface area (Å²) in [5.41, 5.74) is 5.74. The summed E-state index contributed by atoms with van der Waals surface area (Å²) in [5.74, 6) is 0.312. The lowest BCUT2D eigenvalue weighted by atomic mass is 9.76. The van der Waals surface area contributed by atoms with Crippen molar-refractivity contribution in [3.63, 3.8) is 0 Å². The molecule has 1 saturated carbocycles. The number of primary amides is 1. The van der Waals surface area contributed by atoms with Gasteiger partial charge in [-0.3, -0.25) is 4.79 Å². The van der Waals surface area contributed by atoms with Gasteiger partial charge in [0.15, 0.2) is 0 Å². The highest BCUT2D eigenvalue weighted by Crippen LogP contribution is 2.35. The summed E-state index contributed by atoms with van der Waals surface area (Å²) in [5, 5.41) is 3.93. The standard InChI is InChI=1S/C14H19ClN2O/c1-14(13(16)18,9-10-3-2-4-10)17-12-7-5-11(15)6-8-12/h5-8,10,17H,2-4,9H2,1H3,(H2,16,18). The number of hydrogen-bond donors (Lipinski definition) is 2. The van der Waals surface area contributed by atoms with Crippen LogP contribution in [0, 0.1) is 5.92 Å². The Morgan fingerprint density at radius 1 is 1.44 bits per heavy atom. The minimum atomic E-state index is -0.682. The van der Waals surface area contributed by atoms with Crippen molar-refractivity contribution in [2.45, 2.75) is 38.1 Å². The van der Waals surface area contributed by atoms with Crippen LogP contribution in [0.1, 0.15) is 32.6 Å². The van der Waals surface area contributed by atoms with Crippen molar-refractivity contribution in [3.8, 4) is 0 Å². The van der Waals surface area contributed by atoms with E-state index in [2.05, 4.69) is 5.32 Å². The summed E-state index contributed by atoms with van der Waals surface area (Å²) in [7, 11) is 0. The lowest BCUT2D eigenvalue weighted by Crippen LogP contribution is -2.49. The molecule has 0 saturated heterocycles. The van der Waals surface area contributed by atoms with Gasteiger partial charge in [-0.05, 0) is 43.5 Å². The van der Waals surface area contributed by atoms with Gasteiger partial charge >= 0.3 is 0 Å².